The van der Waals surface area contributed by atoms with Crippen LogP contribution in [-0.4, -0.2) is 48.9 Å². The first-order chi connectivity index (χ1) is 14.3. The van der Waals surface area contributed by atoms with Gasteiger partial charge in [0.2, 0.25) is 0 Å². The Morgan fingerprint density at radius 2 is 1.86 bits per heavy atom. The lowest BCUT2D eigenvalue weighted by Gasteiger charge is -2.20. The first-order valence-electron chi connectivity index (χ1n) is 10.3. The number of hydrogen-bond acceptors (Lipinski definition) is 5. The van der Waals surface area contributed by atoms with Crippen LogP contribution in [0.4, 0.5) is 0 Å². The van der Waals surface area contributed by atoms with Gasteiger partial charge in [0.1, 0.15) is 18.1 Å². The van der Waals surface area contributed by atoms with E-state index < -0.39 is 0 Å². The third kappa shape index (κ3) is 4.52. The minimum Gasteiger partial charge on any atom is -0.490 e. The zero-order valence-corrected chi connectivity index (χ0v) is 16.9. The average molecular weight is 392 g/mol. The van der Waals surface area contributed by atoms with Crippen molar-refractivity contribution >= 4 is 5.71 Å². The lowest BCUT2D eigenvalue weighted by Crippen LogP contribution is -2.29. The maximum absolute atomic E-state index is 9.48. The Hall–Kier alpha value is -2.63. The fourth-order valence-electron chi connectivity index (χ4n) is 3.92. The molecule has 0 aromatic heterocycles. The highest BCUT2D eigenvalue weighted by molar-refractivity contribution is 6.24. The van der Waals surface area contributed by atoms with Crippen molar-refractivity contribution in [1.29, 1.82) is 0 Å². The molecule has 0 saturated heterocycles. The molecule has 4 rings (SSSR count). The number of unbranched alkanes of at least 4 members (excludes halogenated alkanes) is 1. The van der Waals surface area contributed by atoms with Gasteiger partial charge in [-0.1, -0.05) is 41.6 Å². The second-order valence-electron chi connectivity index (χ2n) is 7.59. The predicted octanol–water partition coefficient (Wildman–Crippen LogP) is 4.68. The number of oxime groups is 1. The van der Waals surface area contributed by atoms with E-state index in [0.29, 0.717) is 12.3 Å². The normalized spacial score (nSPS) is 16.6. The van der Waals surface area contributed by atoms with Gasteiger partial charge in [0.25, 0.3) is 0 Å². The molecule has 0 amide bonds. The minimum absolute atomic E-state index is 0.530. The first kappa shape index (κ1) is 19.7. The fraction of sp³-hybridized carbons (Fsp3) is 0.375. The fourth-order valence-corrected chi connectivity index (χ4v) is 3.92. The van der Waals surface area contributed by atoms with Crippen LogP contribution < -0.4 is 4.74 Å². The molecule has 2 aliphatic carbocycles. The van der Waals surface area contributed by atoms with Gasteiger partial charge in [-0.15, -0.1) is 0 Å². The molecular formula is C24H28N2O3. The largest absolute Gasteiger partial charge is 0.490 e. The number of allylic oxidation sites excluding steroid dienone is 1. The van der Waals surface area contributed by atoms with E-state index in [0.717, 1.165) is 60.2 Å². The van der Waals surface area contributed by atoms with Crippen molar-refractivity contribution in [1.82, 2.24) is 4.90 Å². The van der Waals surface area contributed by atoms with Gasteiger partial charge in [-0.3, -0.25) is 4.90 Å². The Balaban J connectivity index is 1.27. The summed E-state index contributed by atoms with van der Waals surface area (Å²) in [5.74, 6) is 0.780. The maximum atomic E-state index is 9.48. The summed E-state index contributed by atoms with van der Waals surface area (Å²) in [6.45, 7) is 2.35. The van der Waals surface area contributed by atoms with Crippen molar-refractivity contribution in [2.45, 2.75) is 31.7 Å². The second-order valence-corrected chi connectivity index (χ2v) is 7.59. The van der Waals surface area contributed by atoms with Crippen LogP contribution in [0.5, 0.6) is 5.75 Å². The maximum Gasteiger partial charge on any atom is 0.120 e. The Morgan fingerprint density at radius 1 is 1.07 bits per heavy atom. The predicted molar refractivity (Wildman–Crippen MR) is 115 cm³/mol. The van der Waals surface area contributed by atoms with E-state index in [4.69, 9.17) is 9.47 Å². The highest BCUT2D eigenvalue weighted by atomic mass is 16.5. The third-order valence-electron chi connectivity index (χ3n) is 5.51. The smallest absolute Gasteiger partial charge is 0.120 e. The summed E-state index contributed by atoms with van der Waals surface area (Å²) < 4.78 is 11.2. The van der Waals surface area contributed by atoms with E-state index in [9.17, 15) is 5.21 Å². The summed E-state index contributed by atoms with van der Waals surface area (Å²) in [6.07, 6.45) is 9.03. The Labute approximate surface area is 172 Å². The van der Waals surface area contributed by atoms with Crippen LogP contribution in [0.1, 0.15) is 36.8 Å². The molecule has 0 heterocycles. The molecular weight excluding hydrogens is 364 g/mol. The van der Waals surface area contributed by atoms with Gasteiger partial charge in [0, 0.05) is 30.8 Å². The Morgan fingerprint density at radius 3 is 2.62 bits per heavy atom. The van der Waals surface area contributed by atoms with Gasteiger partial charge in [-0.05, 0) is 55.0 Å². The van der Waals surface area contributed by atoms with E-state index in [1.165, 1.54) is 12.8 Å². The summed E-state index contributed by atoms with van der Waals surface area (Å²) in [7, 11) is 1.76. The topological polar surface area (TPSA) is 54.3 Å². The summed E-state index contributed by atoms with van der Waals surface area (Å²) in [5.41, 5.74) is 4.64. The quantitative estimate of drug-likeness (QED) is 0.179. The number of nitrogens with zero attached hydrogens (tertiary/aromatic N) is 2. The molecule has 1 N–H and O–H groups in total. The summed E-state index contributed by atoms with van der Waals surface area (Å²) in [5, 5.41) is 13.0. The van der Waals surface area contributed by atoms with Crippen molar-refractivity contribution in [2.75, 3.05) is 27.0 Å². The molecule has 152 valence electrons. The van der Waals surface area contributed by atoms with Gasteiger partial charge >= 0.3 is 0 Å². The van der Waals surface area contributed by atoms with Crippen molar-refractivity contribution < 1.29 is 14.7 Å². The molecule has 0 spiro atoms. The van der Waals surface area contributed by atoms with Gasteiger partial charge in [-0.25, -0.2) is 0 Å². The highest BCUT2D eigenvalue weighted by Gasteiger charge is 2.28. The number of benzene rings is 2. The molecule has 5 nitrogen and oxygen atoms in total. The van der Waals surface area contributed by atoms with E-state index in [2.05, 4.69) is 22.2 Å². The monoisotopic (exact) mass is 392 g/mol. The number of rotatable bonds is 10. The van der Waals surface area contributed by atoms with Crippen LogP contribution in [0.15, 0.2) is 59.8 Å². The second kappa shape index (κ2) is 9.25. The molecule has 5 heteroatoms. The van der Waals surface area contributed by atoms with Crippen molar-refractivity contribution in [2.24, 2.45) is 5.16 Å². The lowest BCUT2D eigenvalue weighted by molar-refractivity contribution is 0.0569. The zero-order valence-electron chi connectivity index (χ0n) is 16.9. The lowest BCUT2D eigenvalue weighted by atomic mass is 10.1. The number of ether oxygens (including phenoxy) is 2. The molecule has 2 aromatic carbocycles. The average Bonchev–Trinajstić information content (AvgIpc) is 3.54. The van der Waals surface area contributed by atoms with Crippen LogP contribution >= 0.6 is 0 Å². The standard InChI is InChI=1S/C24H28N2O3/c1-28-17-26(18-10-11-18)14-6-2-3-7-15-29-19-12-13-21-20-8-4-5-9-22(20)24(25-27)23(21)16-19/h3-5,7-9,12-13,16,18,27H,2,6,10-11,14-15,17H2,1H3/b7-3-,25-24+. The summed E-state index contributed by atoms with van der Waals surface area (Å²) in [4.78, 5) is 2.42. The number of hydrogen-bond donors (Lipinski definition) is 1. The van der Waals surface area contributed by atoms with E-state index in [-0.39, 0.29) is 0 Å². The molecule has 2 aliphatic rings. The van der Waals surface area contributed by atoms with Gasteiger partial charge in [0.15, 0.2) is 0 Å². The van der Waals surface area contributed by atoms with E-state index in [1.54, 1.807) is 7.11 Å². The molecule has 0 atom stereocenters. The van der Waals surface area contributed by atoms with Gasteiger partial charge < -0.3 is 14.7 Å². The van der Waals surface area contributed by atoms with Gasteiger partial charge in [0.05, 0.1) is 6.73 Å². The first-order valence-corrected chi connectivity index (χ1v) is 10.3. The van der Waals surface area contributed by atoms with Crippen LogP contribution in [-0.2, 0) is 4.74 Å². The molecule has 1 fully saturated rings. The summed E-state index contributed by atoms with van der Waals surface area (Å²) in [6, 6.07) is 14.7. The molecule has 0 unspecified atom stereocenters. The zero-order chi connectivity index (χ0) is 20.1. The van der Waals surface area contributed by atoms with Crippen molar-refractivity contribution in [3.05, 3.63) is 65.7 Å². The molecule has 2 aromatic rings. The number of methoxy groups -OCH3 is 1. The van der Waals surface area contributed by atoms with Crippen LogP contribution in [0.3, 0.4) is 0 Å². The number of fused-ring (bicyclic) bond motifs is 3. The van der Waals surface area contributed by atoms with E-state index in [1.807, 2.05) is 42.5 Å². The van der Waals surface area contributed by atoms with Crippen molar-refractivity contribution in [3.8, 4) is 16.9 Å². The minimum atomic E-state index is 0.530. The molecule has 0 radical (unpaired) electrons. The highest BCUT2D eigenvalue weighted by Crippen LogP contribution is 2.38. The Bertz CT molecular complexity index is 903. The summed E-state index contributed by atoms with van der Waals surface area (Å²) >= 11 is 0. The molecule has 29 heavy (non-hydrogen) atoms. The van der Waals surface area contributed by atoms with Gasteiger partial charge in [-0.2, -0.15) is 0 Å². The van der Waals surface area contributed by atoms with Crippen LogP contribution in [0.25, 0.3) is 11.1 Å². The van der Waals surface area contributed by atoms with Crippen LogP contribution in [0.2, 0.25) is 0 Å². The van der Waals surface area contributed by atoms with E-state index >= 15 is 0 Å². The molecule has 1 saturated carbocycles. The molecule has 0 aliphatic heterocycles. The third-order valence-corrected chi connectivity index (χ3v) is 5.51. The SMILES string of the molecule is COCN(CCC/C=C\COc1ccc2c(c1)/C(=N/O)c1ccccc1-2)C1CC1. The Kier molecular flexibility index (Phi) is 6.27. The van der Waals surface area contributed by atoms with Crippen LogP contribution in [0, 0.1) is 0 Å². The van der Waals surface area contributed by atoms with Crippen molar-refractivity contribution in [3.63, 3.8) is 0 Å². The molecule has 0 bridgehead atoms.